The summed E-state index contributed by atoms with van der Waals surface area (Å²) in [6.45, 7) is 4.69. The van der Waals surface area contributed by atoms with Crippen LogP contribution in [0.5, 0.6) is 0 Å². The molecule has 1 aliphatic carbocycles. The molecule has 0 amide bonds. The minimum atomic E-state index is -0.0738. The van der Waals surface area contributed by atoms with Gasteiger partial charge in [-0.2, -0.15) is 0 Å². The second kappa shape index (κ2) is 10.7. The van der Waals surface area contributed by atoms with E-state index in [1.807, 2.05) is 0 Å². The van der Waals surface area contributed by atoms with Gasteiger partial charge in [0.2, 0.25) is 0 Å². The molecule has 0 fully saturated rings. The maximum absolute atomic E-state index is 5.60. The summed E-state index contributed by atoms with van der Waals surface area (Å²) in [6, 6.07) is 59.2. The van der Waals surface area contributed by atoms with Gasteiger partial charge >= 0.3 is 0 Å². The van der Waals surface area contributed by atoms with Gasteiger partial charge in [-0.15, -0.1) is 0 Å². The van der Waals surface area contributed by atoms with Crippen LogP contribution in [0.3, 0.4) is 0 Å². The van der Waals surface area contributed by atoms with Gasteiger partial charge in [0.15, 0.2) is 0 Å². The van der Waals surface area contributed by atoms with Crippen molar-refractivity contribution in [3.63, 3.8) is 0 Å². The zero-order chi connectivity index (χ0) is 34.6. The number of hydrogen-bond donors (Lipinski definition) is 0. The van der Waals surface area contributed by atoms with Gasteiger partial charge in [-0.25, -0.2) is 9.97 Å². The molecule has 3 nitrogen and oxygen atoms in total. The summed E-state index contributed by atoms with van der Waals surface area (Å²) in [5.41, 5.74) is 14.4. The lowest BCUT2D eigenvalue weighted by Gasteiger charge is -2.22. The maximum Gasteiger partial charge on any atom is 0.0979 e. The third kappa shape index (κ3) is 4.08. The monoisotopic (exact) mass is 663 g/mol. The summed E-state index contributed by atoms with van der Waals surface area (Å²) in [4.78, 5) is 11.1. The van der Waals surface area contributed by atoms with Gasteiger partial charge in [-0.05, 0) is 80.9 Å². The Labute approximate surface area is 301 Å². The smallest absolute Gasteiger partial charge is 0.0979 e. The zero-order valence-corrected chi connectivity index (χ0v) is 28.9. The van der Waals surface area contributed by atoms with Crippen LogP contribution in [0.4, 0.5) is 0 Å². The molecule has 2 heterocycles. The Hall–Kier alpha value is -6.58. The van der Waals surface area contributed by atoms with Crippen molar-refractivity contribution in [3.8, 4) is 39.3 Å². The van der Waals surface area contributed by atoms with Crippen molar-refractivity contribution >= 4 is 54.4 Å². The normalized spacial score (nSPS) is 13.3. The van der Waals surface area contributed by atoms with Crippen molar-refractivity contribution in [2.24, 2.45) is 0 Å². The lowest BCUT2D eigenvalue weighted by Crippen LogP contribution is -2.14. The average Bonchev–Trinajstić information content (AvgIpc) is 3.64. The molecule has 2 aromatic heterocycles. The molecule has 0 N–H and O–H groups in total. The molecule has 0 saturated carbocycles. The number of hydrogen-bond acceptors (Lipinski definition) is 2. The van der Waals surface area contributed by atoms with Crippen LogP contribution < -0.4 is 0 Å². The van der Waals surface area contributed by atoms with E-state index >= 15 is 0 Å². The lowest BCUT2D eigenvalue weighted by atomic mass is 9.81. The minimum Gasteiger partial charge on any atom is -0.309 e. The van der Waals surface area contributed by atoms with E-state index in [2.05, 4.69) is 182 Å². The number of aromatic nitrogens is 3. The second-order valence-electron chi connectivity index (χ2n) is 14.6. The van der Waals surface area contributed by atoms with E-state index < -0.39 is 0 Å². The van der Waals surface area contributed by atoms with E-state index in [-0.39, 0.29) is 5.41 Å². The van der Waals surface area contributed by atoms with Crippen LogP contribution in [0.2, 0.25) is 0 Å². The highest BCUT2D eigenvalue weighted by molar-refractivity contribution is 6.12. The second-order valence-corrected chi connectivity index (χ2v) is 14.6. The molecule has 11 rings (SSSR count). The fraction of sp³-hybridized carbons (Fsp3) is 0.0612. The quantitative estimate of drug-likeness (QED) is 0.176. The van der Waals surface area contributed by atoms with E-state index in [1.54, 1.807) is 0 Å². The first-order valence-corrected chi connectivity index (χ1v) is 18.0. The Balaban J connectivity index is 1.23. The first kappa shape index (κ1) is 29.2. The summed E-state index contributed by atoms with van der Waals surface area (Å²) in [6.07, 6.45) is 0. The Morgan fingerprint density at radius 1 is 0.442 bits per heavy atom. The van der Waals surface area contributed by atoms with Crippen molar-refractivity contribution in [2.45, 2.75) is 19.3 Å². The number of fused-ring (bicyclic) bond motifs is 10. The topological polar surface area (TPSA) is 30.7 Å². The predicted octanol–water partition coefficient (Wildman–Crippen LogP) is 12.7. The number of para-hydroxylation sites is 2. The van der Waals surface area contributed by atoms with Crippen LogP contribution in [0, 0.1) is 0 Å². The molecule has 10 aromatic rings. The molecular formula is C49H33N3. The SMILES string of the molecule is CC1(C)c2ccccc2-c2cc3c(-c4nc5c(ccc6ccccc65)nc4-c4ccc5c6ccccc6n(-c6ccccc6)c5c4)cccc3cc21. The van der Waals surface area contributed by atoms with Gasteiger partial charge in [0.25, 0.3) is 0 Å². The van der Waals surface area contributed by atoms with E-state index in [1.165, 1.54) is 49.3 Å². The van der Waals surface area contributed by atoms with E-state index in [0.717, 1.165) is 55.5 Å². The van der Waals surface area contributed by atoms with Crippen LogP contribution >= 0.6 is 0 Å². The summed E-state index contributed by atoms with van der Waals surface area (Å²) >= 11 is 0. The van der Waals surface area contributed by atoms with Crippen molar-refractivity contribution in [2.75, 3.05) is 0 Å². The molecule has 0 radical (unpaired) electrons. The first-order valence-electron chi connectivity index (χ1n) is 18.0. The molecule has 3 heteroatoms. The number of benzene rings is 8. The molecule has 0 aliphatic heterocycles. The molecule has 1 aliphatic rings. The molecule has 0 bridgehead atoms. The van der Waals surface area contributed by atoms with Crippen LogP contribution in [-0.4, -0.2) is 14.5 Å². The Kier molecular flexibility index (Phi) is 6.01. The number of rotatable bonds is 3. The maximum atomic E-state index is 5.60. The van der Waals surface area contributed by atoms with Gasteiger partial charge in [0, 0.05) is 38.4 Å². The van der Waals surface area contributed by atoms with Crippen LogP contribution in [0.1, 0.15) is 25.0 Å². The number of nitrogens with zero attached hydrogens (tertiary/aromatic N) is 3. The van der Waals surface area contributed by atoms with E-state index in [4.69, 9.17) is 9.97 Å². The fourth-order valence-electron chi connectivity index (χ4n) is 8.83. The standard InChI is InChI=1S/C49H33N3/c1-49(2)41-21-10-8-18-35(41)40-29-39-31(27-42(40)49)14-12-20-38(39)48-46(50-43-26-24-30-13-6-7-17-34(30)47(43)51-48)32-23-25-37-36-19-9-11-22-44(36)52(45(37)28-32)33-15-4-3-5-16-33/h3-29H,1-2H3. The van der Waals surface area contributed by atoms with Gasteiger partial charge in [0.1, 0.15) is 0 Å². The summed E-state index contributed by atoms with van der Waals surface area (Å²) in [5.74, 6) is 0. The zero-order valence-electron chi connectivity index (χ0n) is 28.9. The van der Waals surface area contributed by atoms with Crippen molar-refractivity contribution in [1.29, 1.82) is 0 Å². The van der Waals surface area contributed by atoms with Gasteiger partial charge in [-0.3, -0.25) is 0 Å². The Bertz CT molecular complexity index is 3100. The molecule has 0 atom stereocenters. The molecule has 8 aromatic carbocycles. The van der Waals surface area contributed by atoms with Gasteiger partial charge in [-0.1, -0.05) is 135 Å². The van der Waals surface area contributed by atoms with Crippen LogP contribution in [0.15, 0.2) is 164 Å². The third-order valence-electron chi connectivity index (χ3n) is 11.4. The molecule has 244 valence electrons. The van der Waals surface area contributed by atoms with E-state index in [9.17, 15) is 0 Å². The van der Waals surface area contributed by atoms with E-state index in [0.29, 0.717) is 0 Å². The molecular weight excluding hydrogens is 631 g/mol. The highest BCUT2D eigenvalue weighted by Gasteiger charge is 2.35. The van der Waals surface area contributed by atoms with Crippen molar-refractivity contribution in [3.05, 3.63) is 175 Å². The lowest BCUT2D eigenvalue weighted by molar-refractivity contribution is 0.661. The first-order chi connectivity index (χ1) is 25.5. The Morgan fingerprint density at radius 2 is 1.17 bits per heavy atom. The van der Waals surface area contributed by atoms with Crippen molar-refractivity contribution in [1.82, 2.24) is 14.5 Å². The predicted molar refractivity (Wildman–Crippen MR) is 217 cm³/mol. The average molecular weight is 664 g/mol. The minimum absolute atomic E-state index is 0.0738. The fourth-order valence-corrected chi connectivity index (χ4v) is 8.83. The highest BCUT2D eigenvalue weighted by Crippen LogP contribution is 2.51. The van der Waals surface area contributed by atoms with Crippen molar-refractivity contribution < 1.29 is 0 Å². The molecule has 52 heavy (non-hydrogen) atoms. The van der Waals surface area contributed by atoms with Crippen LogP contribution in [-0.2, 0) is 5.41 Å². The van der Waals surface area contributed by atoms with Gasteiger partial charge in [0.05, 0.1) is 33.5 Å². The molecule has 0 saturated heterocycles. The Morgan fingerprint density at radius 3 is 2.08 bits per heavy atom. The molecule has 0 unspecified atom stereocenters. The third-order valence-corrected chi connectivity index (χ3v) is 11.4. The highest BCUT2D eigenvalue weighted by atomic mass is 15.0. The summed E-state index contributed by atoms with van der Waals surface area (Å²) < 4.78 is 2.37. The van der Waals surface area contributed by atoms with Gasteiger partial charge < -0.3 is 4.57 Å². The summed E-state index contributed by atoms with van der Waals surface area (Å²) in [5, 5.41) is 7.11. The molecule has 0 spiro atoms. The van der Waals surface area contributed by atoms with Crippen LogP contribution in [0.25, 0.3) is 93.7 Å². The summed E-state index contributed by atoms with van der Waals surface area (Å²) in [7, 11) is 0. The largest absolute Gasteiger partial charge is 0.309 e.